The molecule has 0 saturated carbocycles. The number of benzene rings is 2. The first-order valence-corrected chi connectivity index (χ1v) is 12.3. The Morgan fingerprint density at radius 1 is 1.06 bits per heavy atom. The molecule has 0 spiro atoms. The molecule has 0 aliphatic rings. The lowest BCUT2D eigenvalue weighted by molar-refractivity contribution is -0.138. The lowest BCUT2D eigenvalue weighted by atomic mass is 10.1. The smallest absolute Gasteiger partial charge is 0.242 e. The highest BCUT2D eigenvalue weighted by Gasteiger charge is 2.26. The molecule has 0 aliphatic carbocycles. The van der Waals surface area contributed by atoms with E-state index in [4.69, 9.17) is 4.74 Å². The molecule has 0 aliphatic heterocycles. The highest BCUT2D eigenvalue weighted by molar-refractivity contribution is 9.10. The van der Waals surface area contributed by atoms with Crippen molar-refractivity contribution in [1.29, 1.82) is 0 Å². The molecule has 0 heterocycles. The van der Waals surface area contributed by atoms with Gasteiger partial charge in [0, 0.05) is 22.8 Å². The van der Waals surface area contributed by atoms with Crippen molar-refractivity contribution in [2.45, 2.75) is 51.6 Å². The first-order chi connectivity index (χ1) is 14.8. The van der Waals surface area contributed by atoms with Crippen molar-refractivity contribution in [3.8, 4) is 5.75 Å². The second kappa shape index (κ2) is 12.8. The molecule has 7 heteroatoms. The molecule has 2 aromatic rings. The number of nitrogens with one attached hydrogen (secondary N) is 1. The zero-order valence-electron chi connectivity index (χ0n) is 18.6. The topological polar surface area (TPSA) is 58.6 Å². The molecule has 5 nitrogen and oxygen atoms in total. The van der Waals surface area contributed by atoms with E-state index in [0.29, 0.717) is 12.3 Å². The molecule has 0 fully saturated rings. The standard InChI is InChI=1S/C24H31BrN2O3S/c1-5-17(2)26-24(29)18(3)27(14-19-8-12-22(30-4)13-9-19)23(28)16-31-15-20-6-10-21(25)11-7-20/h6-13,17-18H,5,14-16H2,1-4H3,(H,26,29)/t17-,18-/m1/s1. The number of carbonyl (C=O) groups excluding carboxylic acids is 2. The van der Waals surface area contributed by atoms with E-state index in [2.05, 4.69) is 21.2 Å². The summed E-state index contributed by atoms with van der Waals surface area (Å²) in [6.07, 6.45) is 0.841. The van der Waals surface area contributed by atoms with Crippen molar-refractivity contribution in [1.82, 2.24) is 10.2 Å². The fraction of sp³-hybridized carbons (Fsp3) is 0.417. The molecule has 0 saturated heterocycles. The molecule has 1 N–H and O–H groups in total. The van der Waals surface area contributed by atoms with Crippen LogP contribution in [-0.4, -0.2) is 41.7 Å². The van der Waals surface area contributed by atoms with Gasteiger partial charge in [-0.25, -0.2) is 0 Å². The zero-order valence-corrected chi connectivity index (χ0v) is 21.0. The molecule has 0 radical (unpaired) electrons. The van der Waals surface area contributed by atoms with E-state index in [-0.39, 0.29) is 17.9 Å². The molecule has 31 heavy (non-hydrogen) atoms. The summed E-state index contributed by atoms with van der Waals surface area (Å²) < 4.78 is 6.25. The first kappa shape index (κ1) is 25.3. The first-order valence-electron chi connectivity index (χ1n) is 10.4. The molecular formula is C24H31BrN2O3S. The van der Waals surface area contributed by atoms with E-state index in [1.807, 2.05) is 62.4 Å². The SMILES string of the molecule is CC[C@@H](C)NC(=O)[C@@H](C)N(Cc1ccc(OC)cc1)C(=O)CSCc1ccc(Br)cc1. The summed E-state index contributed by atoms with van der Waals surface area (Å²) in [4.78, 5) is 27.5. The van der Waals surface area contributed by atoms with E-state index in [1.54, 1.807) is 30.7 Å². The van der Waals surface area contributed by atoms with Crippen LogP contribution < -0.4 is 10.1 Å². The molecule has 2 rings (SSSR count). The van der Waals surface area contributed by atoms with Crippen LogP contribution in [0.1, 0.15) is 38.3 Å². The predicted octanol–water partition coefficient (Wildman–Crippen LogP) is 5.02. The summed E-state index contributed by atoms with van der Waals surface area (Å²) in [5.74, 6) is 1.63. The summed E-state index contributed by atoms with van der Waals surface area (Å²) in [6, 6.07) is 15.2. The summed E-state index contributed by atoms with van der Waals surface area (Å²) in [6.45, 7) is 6.15. The number of hydrogen-bond donors (Lipinski definition) is 1. The van der Waals surface area contributed by atoms with Crippen molar-refractivity contribution >= 4 is 39.5 Å². The maximum absolute atomic E-state index is 13.1. The van der Waals surface area contributed by atoms with Gasteiger partial charge in [0.05, 0.1) is 12.9 Å². The van der Waals surface area contributed by atoms with Crippen LogP contribution in [0, 0.1) is 0 Å². The van der Waals surface area contributed by atoms with Crippen molar-refractivity contribution < 1.29 is 14.3 Å². The molecule has 2 aromatic carbocycles. The van der Waals surface area contributed by atoms with E-state index in [1.165, 1.54) is 0 Å². The number of rotatable bonds is 11. The number of halogens is 1. The number of ether oxygens (including phenoxy) is 1. The van der Waals surface area contributed by atoms with E-state index in [0.717, 1.165) is 33.5 Å². The second-order valence-electron chi connectivity index (χ2n) is 7.48. The lowest BCUT2D eigenvalue weighted by Gasteiger charge is -2.29. The highest BCUT2D eigenvalue weighted by atomic mass is 79.9. The molecule has 0 unspecified atom stereocenters. The quantitative estimate of drug-likeness (QED) is 0.464. The minimum absolute atomic E-state index is 0.0512. The number of thioether (sulfide) groups is 1. The van der Waals surface area contributed by atoms with Crippen LogP contribution in [0.3, 0.4) is 0 Å². The van der Waals surface area contributed by atoms with Gasteiger partial charge in [0.2, 0.25) is 11.8 Å². The molecule has 0 bridgehead atoms. The van der Waals surface area contributed by atoms with Crippen LogP contribution in [0.15, 0.2) is 53.0 Å². The van der Waals surface area contributed by atoms with Crippen molar-refractivity contribution in [2.75, 3.05) is 12.9 Å². The van der Waals surface area contributed by atoms with Crippen LogP contribution in [-0.2, 0) is 21.9 Å². The Hall–Kier alpha value is -1.99. The summed E-state index contributed by atoms with van der Waals surface area (Å²) in [5.41, 5.74) is 2.11. The maximum atomic E-state index is 13.1. The second-order valence-corrected chi connectivity index (χ2v) is 9.38. The van der Waals surface area contributed by atoms with Gasteiger partial charge in [-0.3, -0.25) is 9.59 Å². The molecule has 2 amide bonds. The Morgan fingerprint density at radius 2 is 1.68 bits per heavy atom. The Kier molecular flexibility index (Phi) is 10.4. The van der Waals surface area contributed by atoms with E-state index in [9.17, 15) is 9.59 Å². The fourth-order valence-electron chi connectivity index (χ4n) is 2.90. The van der Waals surface area contributed by atoms with Gasteiger partial charge in [0.25, 0.3) is 0 Å². The van der Waals surface area contributed by atoms with Crippen molar-refractivity contribution in [3.63, 3.8) is 0 Å². The third kappa shape index (κ3) is 8.22. The normalized spacial score (nSPS) is 12.7. The minimum atomic E-state index is -0.558. The van der Waals surface area contributed by atoms with E-state index >= 15 is 0 Å². The number of hydrogen-bond acceptors (Lipinski definition) is 4. The van der Waals surface area contributed by atoms with Crippen LogP contribution in [0.2, 0.25) is 0 Å². The number of methoxy groups -OCH3 is 1. The van der Waals surface area contributed by atoms with Crippen LogP contribution in [0.5, 0.6) is 5.75 Å². The number of carbonyl (C=O) groups is 2. The highest BCUT2D eigenvalue weighted by Crippen LogP contribution is 2.19. The molecule has 168 valence electrons. The third-order valence-electron chi connectivity index (χ3n) is 5.09. The Labute approximate surface area is 198 Å². The van der Waals surface area contributed by atoms with Crippen molar-refractivity contribution in [3.05, 3.63) is 64.1 Å². The molecule has 2 atom stereocenters. The molecular weight excluding hydrogens is 476 g/mol. The van der Waals surface area contributed by atoms with Crippen LogP contribution in [0.25, 0.3) is 0 Å². The average molecular weight is 507 g/mol. The number of amides is 2. The number of nitrogens with zero attached hydrogens (tertiary/aromatic N) is 1. The molecule has 0 aromatic heterocycles. The lowest BCUT2D eigenvalue weighted by Crippen LogP contribution is -2.50. The average Bonchev–Trinajstić information content (AvgIpc) is 2.78. The Morgan fingerprint density at radius 3 is 2.26 bits per heavy atom. The van der Waals surface area contributed by atoms with Crippen LogP contribution >= 0.6 is 27.7 Å². The monoisotopic (exact) mass is 506 g/mol. The Bertz CT molecular complexity index is 843. The largest absolute Gasteiger partial charge is 0.497 e. The van der Waals surface area contributed by atoms with Gasteiger partial charge in [-0.15, -0.1) is 11.8 Å². The van der Waals surface area contributed by atoms with Gasteiger partial charge in [-0.1, -0.05) is 47.1 Å². The van der Waals surface area contributed by atoms with Gasteiger partial charge in [0.15, 0.2) is 0 Å². The summed E-state index contributed by atoms with van der Waals surface area (Å²) in [7, 11) is 1.62. The zero-order chi connectivity index (χ0) is 22.8. The van der Waals surface area contributed by atoms with Crippen molar-refractivity contribution in [2.24, 2.45) is 0 Å². The van der Waals surface area contributed by atoms with Gasteiger partial charge in [0.1, 0.15) is 11.8 Å². The van der Waals surface area contributed by atoms with Crippen LogP contribution in [0.4, 0.5) is 0 Å². The summed E-state index contributed by atoms with van der Waals surface area (Å²) >= 11 is 4.99. The Balaban J connectivity index is 2.07. The van der Waals surface area contributed by atoms with E-state index < -0.39 is 6.04 Å². The fourth-order valence-corrected chi connectivity index (χ4v) is 4.03. The van der Waals surface area contributed by atoms with Gasteiger partial charge in [-0.2, -0.15) is 0 Å². The third-order valence-corrected chi connectivity index (χ3v) is 6.61. The van der Waals surface area contributed by atoms with Gasteiger partial charge in [-0.05, 0) is 55.7 Å². The maximum Gasteiger partial charge on any atom is 0.242 e. The summed E-state index contributed by atoms with van der Waals surface area (Å²) in [5, 5.41) is 2.99. The minimum Gasteiger partial charge on any atom is -0.497 e. The predicted molar refractivity (Wildman–Crippen MR) is 131 cm³/mol. The van der Waals surface area contributed by atoms with Gasteiger partial charge >= 0.3 is 0 Å². The van der Waals surface area contributed by atoms with Gasteiger partial charge < -0.3 is 15.0 Å².